The van der Waals surface area contributed by atoms with E-state index in [4.69, 9.17) is 11.6 Å². The van der Waals surface area contributed by atoms with Gasteiger partial charge < -0.3 is 14.8 Å². The normalized spacial score (nSPS) is 18.7. The Morgan fingerprint density at radius 1 is 1.18 bits per heavy atom. The molecular formula is C27H24ClFN8O2. The van der Waals surface area contributed by atoms with Gasteiger partial charge in [0.1, 0.15) is 12.2 Å². The van der Waals surface area contributed by atoms with Gasteiger partial charge >= 0.3 is 0 Å². The number of H-pyrrole nitrogens is 1. The van der Waals surface area contributed by atoms with Gasteiger partial charge in [0.15, 0.2) is 5.82 Å². The van der Waals surface area contributed by atoms with Crippen LogP contribution in [0.1, 0.15) is 47.1 Å². The molecule has 0 aliphatic carbocycles. The summed E-state index contributed by atoms with van der Waals surface area (Å²) in [7, 11) is 3.42. The highest BCUT2D eigenvalue weighted by atomic mass is 35.5. The van der Waals surface area contributed by atoms with Gasteiger partial charge in [-0.05, 0) is 53.5 Å². The maximum Gasteiger partial charge on any atom is 0.254 e. The molecule has 39 heavy (non-hydrogen) atoms. The van der Waals surface area contributed by atoms with Crippen LogP contribution in [0.3, 0.4) is 0 Å². The number of aromatic amines is 1. The molecule has 2 atom stereocenters. The lowest BCUT2D eigenvalue weighted by molar-refractivity contribution is -0.129. The van der Waals surface area contributed by atoms with Gasteiger partial charge in [-0.2, -0.15) is 4.68 Å². The zero-order valence-corrected chi connectivity index (χ0v) is 21.9. The minimum absolute atomic E-state index is 0.0435. The molecule has 2 aliphatic rings. The Hall–Kier alpha value is -4.38. The summed E-state index contributed by atoms with van der Waals surface area (Å²) in [6.07, 6.45) is 6.39. The monoisotopic (exact) mass is 546 g/mol. The maximum absolute atomic E-state index is 15.3. The number of hydrogen-bond donors (Lipinski definition) is 1. The lowest BCUT2D eigenvalue weighted by Crippen LogP contribution is -2.39. The summed E-state index contributed by atoms with van der Waals surface area (Å²) in [4.78, 5) is 37.5. The van der Waals surface area contributed by atoms with Gasteiger partial charge in [0.25, 0.3) is 5.91 Å². The Morgan fingerprint density at radius 3 is 2.77 bits per heavy atom. The molecule has 2 aromatic heterocycles. The third-order valence-electron chi connectivity index (χ3n) is 7.26. The fourth-order valence-corrected chi connectivity index (χ4v) is 5.65. The third kappa shape index (κ3) is 4.28. The van der Waals surface area contributed by atoms with Crippen LogP contribution in [0.15, 0.2) is 55.0 Å². The molecule has 0 bridgehead atoms. The van der Waals surface area contributed by atoms with Crippen molar-refractivity contribution in [3.63, 3.8) is 0 Å². The van der Waals surface area contributed by atoms with E-state index >= 15 is 4.39 Å². The molecule has 1 fully saturated rings. The highest BCUT2D eigenvalue weighted by Crippen LogP contribution is 2.44. The first-order chi connectivity index (χ1) is 18.8. The smallest absolute Gasteiger partial charge is 0.254 e. The lowest BCUT2D eigenvalue weighted by atomic mass is 9.92. The van der Waals surface area contributed by atoms with Crippen molar-refractivity contribution in [3.05, 3.63) is 82.8 Å². The number of rotatable bonds is 5. The second kappa shape index (κ2) is 9.73. The molecule has 2 aliphatic heterocycles. The quantitative estimate of drug-likeness (QED) is 0.404. The molecule has 1 saturated heterocycles. The molecule has 0 radical (unpaired) electrons. The minimum Gasteiger partial charge on any atom is -0.345 e. The molecule has 2 aromatic carbocycles. The highest BCUT2D eigenvalue weighted by molar-refractivity contribution is 6.31. The van der Waals surface area contributed by atoms with Gasteiger partial charge in [0.2, 0.25) is 5.91 Å². The van der Waals surface area contributed by atoms with Crippen molar-refractivity contribution in [3.8, 4) is 16.9 Å². The summed E-state index contributed by atoms with van der Waals surface area (Å²) in [6, 6.07) is 10.0. The number of nitrogens with zero attached hydrogens (tertiary/aromatic N) is 7. The maximum atomic E-state index is 15.3. The van der Waals surface area contributed by atoms with E-state index < -0.39 is 5.82 Å². The van der Waals surface area contributed by atoms with Crippen molar-refractivity contribution in [1.82, 2.24) is 40.0 Å². The third-order valence-corrected chi connectivity index (χ3v) is 7.56. The van der Waals surface area contributed by atoms with Gasteiger partial charge in [-0.3, -0.25) is 9.59 Å². The van der Waals surface area contributed by atoms with E-state index in [1.165, 1.54) is 28.1 Å². The minimum atomic E-state index is -0.617. The summed E-state index contributed by atoms with van der Waals surface area (Å²) in [5.41, 5.74) is 3.17. The topological polar surface area (TPSA) is 113 Å². The molecule has 1 N–H and O–H groups in total. The number of aromatic nitrogens is 6. The van der Waals surface area contributed by atoms with Gasteiger partial charge in [-0.15, -0.1) is 5.10 Å². The molecule has 4 heterocycles. The summed E-state index contributed by atoms with van der Waals surface area (Å²) in [6.45, 7) is 0. The number of imidazole rings is 1. The molecule has 198 valence electrons. The number of halogens is 2. The van der Waals surface area contributed by atoms with Crippen molar-refractivity contribution in [2.45, 2.75) is 31.3 Å². The average Bonchev–Trinajstić information content (AvgIpc) is 3.70. The first-order valence-electron chi connectivity index (χ1n) is 12.4. The number of hydrogen-bond acceptors (Lipinski definition) is 6. The first-order valence-corrected chi connectivity index (χ1v) is 12.8. The van der Waals surface area contributed by atoms with Gasteiger partial charge in [0.05, 0.1) is 28.6 Å². The van der Waals surface area contributed by atoms with Crippen molar-refractivity contribution in [2.24, 2.45) is 0 Å². The Bertz CT molecular complexity index is 1610. The lowest BCUT2D eigenvalue weighted by Gasteiger charge is -2.33. The van der Waals surface area contributed by atoms with Crippen LogP contribution in [-0.2, 0) is 4.79 Å². The van der Waals surface area contributed by atoms with Crippen molar-refractivity contribution >= 4 is 29.0 Å². The van der Waals surface area contributed by atoms with Crippen LogP contribution in [0.25, 0.3) is 22.5 Å². The fraction of sp³-hybridized carbons (Fsp3) is 0.259. The Labute approximate surface area is 228 Å². The van der Waals surface area contributed by atoms with E-state index in [0.717, 1.165) is 12.0 Å². The Kier molecular flexibility index (Phi) is 6.22. The molecule has 12 heteroatoms. The molecule has 0 spiro atoms. The zero-order valence-electron chi connectivity index (χ0n) is 21.2. The number of benzene rings is 2. The first kappa shape index (κ1) is 24.9. The molecule has 10 nitrogen and oxygen atoms in total. The zero-order chi connectivity index (χ0) is 27.3. The van der Waals surface area contributed by atoms with Crippen LogP contribution in [-0.4, -0.2) is 71.9 Å². The summed E-state index contributed by atoms with van der Waals surface area (Å²) >= 11 is 6.12. The van der Waals surface area contributed by atoms with E-state index in [0.29, 0.717) is 41.2 Å². The van der Waals surface area contributed by atoms with Crippen molar-refractivity contribution in [2.75, 3.05) is 14.1 Å². The molecular weight excluding hydrogens is 523 g/mol. The van der Waals surface area contributed by atoms with Gasteiger partial charge in [0, 0.05) is 42.9 Å². The van der Waals surface area contributed by atoms with E-state index in [9.17, 15) is 9.59 Å². The Balaban J connectivity index is 1.32. The Morgan fingerprint density at radius 2 is 2.00 bits per heavy atom. The van der Waals surface area contributed by atoms with Crippen LogP contribution in [0, 0.1) is 5.82 Å². The van der Waals surface area contributed by atoms with E-state index in [-0.39, 0.29) is 34.5 Å². The molecule has 4 aromatic rings. The van der Waals surface area contributed by atoms with E-state index in [1.807, 2.05) is 23.1 Å². The second-order valence-electron chi connectivity index (χ2n) is 9.80. The standard InChI is InChI=1S/C27H24ClFN8O2/c1-35(2)27(39)18-6-4-3-5-17(18)20-13-30-26(32-20)22-9-7-16-11-15(12-23(38)37(16)22)24-21(36-14-31-33-34-36)10-8-19(28)25(24)29/h3-6,8,10,12-14,16,22H,7,9,11H2,1-2H3,(H,30,32)/t16?,22-/m0/s1. The van der Waals surface area contributed by atoms with Gasteiger partial charge in [-0.1, -0.05) is 29.8 Å². The van der Waals surface area contributed by atoms with E-state index in [2.05, 4.69) is 25.5 Å². The highest BCUT2D eigenvalue weighted by Gasteiger charge is 2.42. The van der Waals surface area contributed by atoms with Crippen LogP contribution >= 0.6 is 11.6 Å². The average molecular weight is 547 g/mol. The number of nitrogens with one attached hydrogen (secondary N) is 1. The largest absolute Gasteiger partial charge is 0.345 e. The predicted molar refractivity (Wildman–Crippen MR) is 141 cm³/mol. The number of carbonyl (C=O) groups is 2. The van der Waals surface area contributed by atoms with Crippen molar-refractivity contribution in [1.29, 1.82) is 0 Å². The molecule has 0 saturated carbocycles. The van der Waals surface area contributed by atoms with Crippen molar-refractivity contribution < 1.29 is 14.0 Å². The van der Waals surface area contributed by atoms with Crippen LogP contribution in [0.2, 0.25) is 5.02 Å². The second-order valence-corrected chi connectivity index (χ2v) is 10.2. The van der Waals surface area contributed by atoms with Crippen LogP contribution in [0.5, 0.6) is 0 Å². The summed E-state index contributed by atoms with van der Waals surface area (Å²) < 4.78 is 16.7. The SMILES string of the molecule is CN(C)C(=O)c1ccccc1-c1cnc([C@@H]2CCC3CC(c4c(-n5cnnn5)ccc(Cl)c4F)=CC(=O)N32)[nH]1. The number of tetrazole rings is 1. The van der Waals surface area contributed by atoms with Crippen LogP contribution < -0.4 is 0 Å². The summed E-state index contributed by atoms with van der Waals surface area (Å²) in [5, 5.41) is 11.1. The molecule has 1 unspecified atom stereocenters. The fourth-order valence-electron chi connectivity index (χ4n) is 5.49. The molecule has 2 amide bonds. The number of fused-ring (bicyclic) bond motifs is 1. The predicted octanol–water partition coefficient (Wildman–Crippen LogP) is 4.07. The number of amides is 2. The number of carbonyl (C=O) groups excluding carboxylic acids is 2. The summed E-state index contributed by atoms with van der Waals surface area (Å²) in [5.74, 6) is -0.311. The van der Waals surface area contributed by atoms with Crippen LogP contribution in [0.4, 0.5) is 4.39 Å². The van der Waals surface area contributed by atoms with E-state index in [1.54, 1.807) is 32.4 Å². The molecule has 6 rings (SSSR count). The van der Waals surface area contributed by atoms with Gasteiger partial charge in [-0.25, -0.2) is 9.37 Å².